The van der Waals surface area contributed by atoms with Crippen LogP contribution in [-0.4, -0.2) is 9.13 Å². The number of para-hydroxylation sites is 4. The third-order valence-corrected chi connectivity index (χ3v) is 19.8. The maximum atomic E-state index is 7.37. The summed E-state index contributed by atoms with van der Waals surface area (Å²) < 4.78 is 26.2. The molecular formula is C88H76N4O3. The van der Waals surface area contributed by atoms with Crippen molar-refractivity contribution in [1.82, 2.24) is 9.13 Å². The molecule has 0 aliphatic rings. The molecule has 5 aromatic heterocycles. The summed E-state index contributed by atoms with van der Waals surface area (Å²) in [6, 6.07) is 84.5. The smallest absolute Gasteiger partial charge is 0.138 e. The molecule has 0 unspecified atom stereocenters. The second-order valence-corrected chi connectivity index (χ2v) is 30.4. The lowest BCUT2D eigenvalue weighted by atomic mass is 9.80. The van der Waals surface area contributed by atoms with Crippen LogP contribution in [0, 0.1) is 0 Å². The Morgan fingerprint density at radius 1 is 0.263 bits per heavy atom. The number of nitrogens with one attached hydrogen (secondary N) is 2. The van der Waals surface area contributed by atoms with E-state index >= 15 is 0 Å². The molecule has 0 aliphatic heterocycles. The van der Waals surface area contributed by atoms with E-state index in [1.54, 1.807) is 0 Å². The first-order valence-corrected chi connectivity index (χ1v) is 33.4. The van der Waals surface area contributed by atoms with E-state index in [9.17, 15) is 0 Å². The number of anilines is 4. The summed E-state index contributed by atoms with van der Waals surface area (Å²) >= 11 is 0. The summed E-state index contributed by atoms with van der Waals surface area (Å²) in [7, 11) is 0. The highest BCUT2D eigenvalue weighted by Crippen LogP contribution is 2.52. The van der Waals surface area contributed by atoms with Crippen LogP contribution in [0.25, 0.3) is 143 Å². The highest BCUT2D eigenvalue weighted by molar-refractivity contribution is 6.24. The van der Waals surface area contributed by atoms with Gasteiger partial charge in [0, 0.05) is 106 Å². The predicted octanol–water partition coefficient (Wildman–Crippen LogP) is 25.6. The summed E-state index contributed by atoms with van der Waals surface area (Å²) in [5, 5.41) is 18.2. The molecule has 7 nitrogen and oxygen atoms in total. The summed E-state index contributed by atoms with van der Waals surface area (Å²) in [6.45, 7) is 27.9. The Balaban J connectivity index is 0.966. The first-order valence-electron chi connectivity index (χ1n) is 33.4. The molecule has 0 bridgehead atoms. The first kappa shape index (κ1) is 58.1. The average molecular weight is 1240 g/mol. The average Bonchev–Trinajstić information content (AvgIpc) is 1.59. The fraction of sp³-hybridized carbons (Fsp3) is 0.182. The quantitative estimate of drug-likeness (QED) is 0.159. The zero-order valence-electron chi connectivity index (χ0n) is 56.1. The molecule has 0 saturated heterocycles. The van der Waals surface area contributed by atoms with Gasteiger partial charge in [-0.05, 0) is 164 Å². The third kappa shape index (κ3) is 9.68. The molecule has 0 fully saturated rings. The Kier molecular flexibility index (Phi) is 12.8. The molecule has 7 heteroatoms. The monoisotopic (exact) mass is 1240 g/mol. The van der Waals surface area contributed by atoms with E-state index in [1.165, 1.54) is 43.8 Å². The molecule has 0 radical (unpaired) electrons. The molecule has 2 N–H and O–H groups in total. The van der Waals surface area contributed by atoms with Gasteiger partial charge < -0.3 is 33.0 Å². The van der Waals surface area contributed by atoms with E-state index < -0.39 is 0 Å². The number of hydrogen-bond acceptors (Lipinski definition) is 5. The molecule has 0 spiro atoms. The fourth-order valence-corrected chi connectivity index (χ4v) is 14.6. The minimum absolute atomic E-state index is 0.0900. The van der Waals surface area contributed by atoms with E-state index in [2.05, 4.69) is 315 Å². The van der Waals surface area contributed by atoms with Crippen molar-refractivity contribution < 1.29 is 13.3 Å². The lowest BCUT2D eigenvalue weighted by molar-refractivity contribution is 0.567. The van der Waals surface area contributed by atoms with Crippen LogP contribution in [0.2, 0.25) is 0 Å². The maximum absolute atomic E-state index is 7.37. The van der Waals surface area contributed by atoms with Crippen LogP contribution in [0.3, 0.4) is 0 Å². The molecular weight excluding hydrogens is 1160 g/mol. The number of hydrogen-bond donors (Lipinski definition) is 2. The SMILES string of the molecule is CC(C)(C)c1cc(-n2c3ccccc3c3ccc(-c4c(Nc5ccccc5)cc5oc6cc7c(cc6c5c4-c4ccc5c6ccccc6n(-c6cc(C(C)(C)C)cc(C(C)(C)C)c6)c5c4)oc4cc5c(cc47)oc4cc(Nc6ccccc6)ccc45)cc32)cc(C(C)(C)C)c1. The van der Waals surface area contributed by atoms with Gasteiger partial charge in [0.25, 0.3) is 0 Å². The van der Waals surface area contributed by atoms with Gasteiger partial charge in [-0.2, -0.15) is 0 Å². The number of fused-ring (bicyclic) bond motifs is 15. The second kappa shape index (κ2) is 20.9. The number of furan rings is 3. The summed E-state index contributed by atoms with van der Waals surface area (Å²) in [4.78, 5) is 0. The van der Waals surface area contributed by atoms with E-state index in [0.717, 1.165) is 144 Å². The second-order valence-electron chi connectivity index (χ2n) is 30.4. The highest BCUT2D eigenvalue weighted by atomic mass is 16.3. The van der Waals surface area contributed by atoms with Crippen LogP contribution in [0.1, 0.15) is 105 Å². The minimum Gasteiger partial charge on any atom is -0.456 e. The van der Waals surface area contributed by atoms with Gasteiger partial charge in [0.05, 0.1) is 27.8 Å². The zero-order chi connectivity index (χ0) is 65.2. The van der Waals surface area contributed by atoms with Gasteiger partial charge in [-0.1, -0.05) is 192 Å². The topological polar surface area (TPSA) is 73.3 Å². The fourth-order valence-electron chi connectivity index (χ4n) is 14.6. The van der Waals surface area contributed by atoms with Crippen molar-refractivity contribution in [2.45, 2.75) is 105 Å². The number of aromatic nitrogens is 2. The van der Waals surface area contributed by atoms with Gasteiger partial charge in [0.2, 0.25) is 0 Å². The Bertz CT molecular complexity index is 5930. The van der Waals surface area contributed by atoms with E-state index in [4.69, 9.17) is 13.3 Å². The minimum atomic E-state index is -0.0954. The molecule has 0 saturated carbocycles. The van der Waals surface area contributed by atoms with Crippen LogP contribution in [0.4, 0.5) is 22.7 Å². The largest absolute Gasteiger partial charge is 0.456 e. The Morgan fingerprint density at radius 3 is 1.13 bits per heavy atom. The number of nitrogens with zero attached hydrogens (tertiary/aromatic N) is 2. The molecule has 12 aromatic carbocycles. The van der Waals surface area contributed by atoms with Gasteiger partial charge in [-0.25, -0.2) is 0 Å². The Labute approximate surface area is 553 Å². The Morgan fingerprint density at radius 2 is 0.642 bits per heavy atom. The van der Waals surface area contributed by atoms with Gasteiger partial charge in [-0.3, -0.25) is 0 Å². The lowest BCUT2D eigenvalue weighted by Crippen LogP contribution is -2.17. The molecule has 466 valence electrons. The predicted molar refractivity (Wildman–Crippen MR) is 402 cm³/mol. The normalized spacial score (nSPS) is 12.8. The van der Waals surface area contributed by atoms with Crippen LogP contribution < -0.4 is 10.6 Å². The van der Waals surface area contributed by atoms with Gasteiger partial charge in [0.15, 0.2) is 0 Å². The van der Waals surface area contributed by atoms with E-state index in [-0.39, 0.29) is 21.7 Å². The molecule has 17 rings (SSSR count). The summed E-state index contributed by atoms with van der Waals surface area (Å²) in [5.41, 5.74) is 24.4. The Hall–Kier alpha value is -10.8. The van der Waals surface area contributed by atoms with Crippen molar-refractivity contribution in [3.8, 4) is 33.6 Å². The molecule has 0 amide bonds. The van der Waals surface area contributed by atoms with Crippen molar-refractivity contribution in [2.75, 3.05) is 10.6 Å². The third-order valence-electron chi connectivity index (χ3n) is 19.8. The highest BCUT2D eigenvalue weighted by Gasteiger charge is 2.29. The van der Waals surface area contributed by atoms with Crippen molar-refractivity contribution in [2.24, 2.45) is 0 Å². The van der Waals surface area contributed by atoms with Crippen molar-refractivity contribution in [3.63, 3.8) is 0 Å². The first-order chi connectivity index (χ1) is 45.6. The molecule has 0 atom stereocenters. The lowest BCUT2D eigenvalue weighted by Gasteiger charge is -2.27. The molecule has 17 aromatic rings. The number of benzene rings is 12. The summed E-state index contributed by atoms with van der Waals surface area (Å²) in [5.74, 6) is 0. The standard InChI is InChI=1S/C88H76N4O3/c1-85(2,3)53-39-54(86(4,5)6)42-60(41-53)91-72-29-21-19-27-62(72)64-34-31-51(37-74(64)91)82-71(90-58-25-17-14-18-26-58)50-81-84(83(82)52-32-35-65-63-28-20-22-30-73(63)92(75(65)38-52)61-43-55(87(7,8)9)40-56(44-61)88(10,11)12)70-49-79-69(48-80(70)95-81)68-47-77-67(46-78(68)94-79)66-36-33-59(45-76(66)93-77)89-57-23-15-13-16-24-57/h13-50,89-90H,1-12H3. The van der Waals surface area contributed by atoms with Crippen molar-refractivity contribution in [1.29, 1.82) is 0 Å². The molecule has 0 aliphatic carbocycles. The molecule has 95 heavy (non-hydrogen) atoms. The van der Waals surface area contributed by atoms with Crippen LogP contribution in [0.15, 0.2) is 244 Å². The van der Waals surface area contributed by atoms with Gasteiger partial charge in [0.1, 0.15) is 33.5 Å². The summed E-state index contributed by atoms with van der Waals surface area (Å²) in [6.07, 6.45) is 0. The van der Waals surface area contributed by atoms with Crippen LogP contribution in [0.5, 0.6) is 0 Å². The van der Waals surface area contributed by atoms with E-state index in [1.807, 2.05) is 18.2 Å². The zero-order valence-corrected chi connectivity index (χ0v) is 56.1. The van der Waals surface area contributed by atoms with Gasteiger partial charge in [-0.15, -0.1) is 0 Å². The van der Waals surface area contributed by atoms with Gasteiger partial charge >= 0.3 is 0 Å². The van der Waals surface area contributed by atoms with E-state index in [0.29, 0.717) is 0 Å². The van der Waals surface area contributed by atoms with Crippen molar-refractivity contribution in [3.05, 3.63) is 253 Å². The van der Waals surface area contributed by atoms with Crippen molar-refractivity contribution >= 4 is 132 Å². The maximum Gasteiger partial charge on any atom is 0.138 e. The van der Waals surface area contributed by atoms with Crippen LogP contribution >= 0.6 is 0 Å². The van der Waals surface area contributed by atoms with Crippen LogP contribution in [-0.2, 0) is 21.7 Å². The molecule has 5 heterocycles. The number of rotatable bonds is 8.